The maximum Gasteiger partial charge on any atom is 0.347 e. The molecule has 22 heavy (non-hydrogen) atoms. The number of aromatic hydroxyl groups is 1. The molecule has 3 aromatic rings. The van der Waals surface area contributed by atoms with E-state index >= 15 is 0 Å². The van der Waals surface area contributed by atoms with Crippen LogP contribution in [0.3, 0.4) is 0 Å². The van der Waals surface area contributed by atoms with Gasteiger partial charge in [0.05, 0.1) is 14.2 Å². The second kappa shape index (κ2) is 5.44. The Kier molecular flexibility index (Phi) is 3.47. The molecule has 1 aromatic heterocycles. The molecule has 0 aliphatic carbocycles. The van der Waals surface area contributed by atoms with Crippen LogP contribution in [-0.2, 0) is 0 Å². The van der Waals surface area contributed by atoms with Gasteiger partial charge in [-0.1, -0.05) is 18.2 Å². The zero-order valence-electron chi connectivity index (χ0n) is 12.1. The van der Waals surface area contributed by atoms with Gasteiger partial charge >= 0.3 is 5.63 Å². The maximum absolute atomic E-state index is 12.2. The monoisotopic (exact) mass is 298 g/mol. The summed E-state index contributed by atoms with van der Waals surface area (Å²) in [7, 11) is 3.05. The van der Waals surface area contributed by atoms with E-state index in [1.54, 1.807) is 49.6 Å². The lowest BCUT2D eigenvalue weighted by Gasteiger charge is -2.10. The molecule has 0 saturated carbocycles. The highest BCUT2D eigenvalue weighted by atomic mass is 16.5. The number of hydrogen-bond acceptors (Lipinski definition) is 5. The van der Waals surface area contributed by atoms with Gasteiger partial charge in [-0.05, 0) is 29.8 Å². The lowest BCUT2D eigenvalue weighted by Crippen LogP contribution is -2.04. The van der Waals surface area contributed by atoms with Crippen LogP contribution in [0.2, 0.25) is 0 Å². The Morgan fingerprint density at radius 2 is 1.73 bits per heavy atom. The average Bonchev–Trinajstić information content (AvgIpc) is 2.54. The lowest BCUT2D eigenvalue weighted by molar-refractivity contribution is 0.413. The molecule has 0 bridgehead atoms. The SMILES string of the molecule is COc1ccc(-c2c(O)c3c(OC)cccc3oc2=O)cc1. The Morgan fingerprint density at radius 1 is 1.00 bits per heavy atom. The third-order valence-electron chi connectivity index (χ3n) is 3.47. The fraction of sp³-hybridized carbons (Fsp3) is 0.118. The number of methoxy groups -OCH3 is 2. The molecular weight excluding hydrogens is 284 g/mol. The van der Waals surface area contributed by atoms with Crippen LogP contribution in [0.15, 0.2) is 51.7 Å². The van der Waals surface area contributed by atoms with E-state index in [9.17, 15) is 9.90 Å². The largest absolute Gasteiger partial charge is 0.506 e. The zero-order valence-corrected chi connectivity index (χ0v) is 12.1. The maximum atomic E-state index is 12.2. The number of fused-ring (bicyclic) bond motifs is 1. The summed E-state index contributed by atoms with van der Waals surface area (Å²) in [5.41, 5.74) is 0.307. The molecule has 0 atom stereocenters. The van der Waals surface area contributed by atoms with Gasteiger partial charge in [-0.15, -0.1) is 0 Å². The number of ether oxygens (including phenoxy) is 2. The van der Waals surface area contributed by atoms with Gasteiger partial charge in [-0.2, -0.15) is 0 Å². The molecule has 0 saturated heterocycles. The molecule has 5 heteroatoms. The van der Waals surface area contributed by atoms with Crippen molar-refractivity contribution in [2.24, 2.45) is 0 Å². The minimum atomic E-state index is -0.608. The Balaban J connectivity index is 2.31. The van der Waals surface area contributed by atoms with Gasteiger partial charge in [-0.3, -0.25) is 0 Å². The van der Waals surface area contributed by atoms with Gasteiger partial charge in [0.2, 0.25) is 0 Å². The Bertz CT molecular complexity index is 878. The van der Waals surface area contributed by atoms with E-state index in [0.29, 0.717) is 22.4 Å². The van der Waals surface area contributed by atoms with Crippen molar-refractivity contribution < 1.29 is 19.0 Å². The molecule has 0 amide bonds. The second-order valence-corrected chi connectivity index (χ2v) is 4.68. The van der Waals surface area contributed by atoms with Crippen molar-refractivity contribution in [2.45, 2.75) is 0 Å². The van der Waals surface area contributed by atoms with Crippen molar-refractivity contribution in [1.82, 2.24) is 0 Å². The molecule has 0 aliphatic heterocycles. The molecule has 112 valence electrons. The molecule has 1 N–H and O–H groups in total. The summed E-state index contributed by atoms with van der Waals surface area (Å²) in [5.74, 6) is 0.938. The summed E-state index contributed by atoms with van der Waals surface area (Å²) in [6, 6.07) is 11.8. The lowest BCUT2D eigenvalue weighted by atomic mass is 10.0. The zero-order chi connectivity index (χ0) is 15.7. The predicted octanol–water partition coefficient (Wildman–Crippen LogP) is 3.18. The van der Waals surface area contributed by atoms with E-state index in [2.05, 4.69) is 0 Å². The first-order valence-corrected chi connectivity index (χ1v) is 6.63. The van der Waals surface area contributed by atoms with Crippen molar-refractivity contribution in [3.8, 4) is 28.4 Å². The van der Waals surface area contributed by atoms with Crippen LogP contribution >= 0.6 is 0 Å². The van der Waals surface area contributed by atoms with Crippen LogP contribution in [0.5, 0.6) is 17.2 Å². The first-order chi connectivity index (χ1) is 10.7. The van der Waals surface area contributed by atoms with Crippen molar-refractivity contribution >= 4 is 11.0 Å². The van der Waals surface area contributed by atoms with Crippen molar-refractivity contribution in [2.75, 3.05) is 14.2 Å². The van der Waals surface area contributed by atoms with Crippen LogP contribution in [0.4, 0.5) is 0 Å². The summed E-state index contributed by atoms with van der Waals surface area (Å²) < 4.78 is 15.6. The first-order valence-electron chi connectivity index (χ1n) is 6.63. The summed E-state index contributed by atoms with van der Waals surface area (Å²) >= 11 is 0. The topological polar surface area (TPSA) is 68.9 Å². The normalized spacial score (nSPS) is 10.6. The van der Waals surface area contributed by atoms with Crippen molar-refractivity contribution in [3.05, 3.63) is 52.9 Å². The highest BCUT2D eigenvalue weighted by molar-refractivity contribution is 5.94. The molecule has 0 unspecified atom stereocenters. The average molecular weight is 298 g/mol. The Hall–Kier alpha value is -2.95. The molecule has 3 rings (SSSR count). The van der Waals surface area contributed by atoms with Crippen LogP contribution < -0.4 is 15.1 Å². The van der Waals surface area contributed by atoms with Gasteiger partial charge in [0.1, 0.15) is 33.8 Å². The van der Waals surface area contributed by atoms with Gasteiger partial charge in [0.25, 0.3) is 0 Å². The number of rotatable bonds is 3. The fourth-order valence-electron chi connectivity index (χ4n) is 2.38. The highest BCUT2D eigenvalue weighted by Gasteiger charge is 2.18. The highest BCUT2D eigenvalue weighted by Crippen LogP contribution is 2.38. The number of hydrogen-bond donors (Lipinski definition) is 1. The Labute approximate surface area is 126 Å². The van der Waals surface area contributed by atoms with E-state index in [4.69, 9.17) is 13.9 Å². The first kappa shape index (κ1) is 14.0. The summed E-state index contributed by atoms with van der Waals surface area (Å²) in [5, 5.41) is 10.9. The molecule has 0 radical (unpaired) electrons. The standard InChI is InChI=1S/C17H14O5/c1-20-11-8-6-10(7-9-11)14-16(18)15-12(21-2)4-3-5-13(15)22-17(14)19/h3-9,18H,1-2H3. The van der Waals surface area contributed by atoms with E-state index in [1.807, 2.05) is 0 Å². The third-order valence-corrected chi connectivity index (χ3v) is 3.47. The van der Waals surface area contributed by atoms with Crippen LogP contribution in [0.25, 0.3) is 22.1 Å². The predicted molar refractivity (Wildman–Crippen MR) is 82.7 cm³/mol. The van der Waals surface area contributed by atoms with E-state index in [0.717, 1.165) is 0 Å². The quantitative estimate of drug-likeness (QED) is 0.752. The van der Waals surface area contributed by atoms with Crippen LogP contribution in [-0.4, -0.2) is 19.3 Å². The smallest absolute Gasteiger partial charge is 0.347 e. The third kappa shape index (κ3) is 2.16. The molecular formula is C17H14O5. The molecule has 2 aromatic carbocycles. The molecule has 1 heterocycles. The summed E-state index contributed by atoms with van der Waals surface area (Å²) in [6.07, 6.45) is 0. The van der Waals surface area contributed by atoms with Gasteiger partial charge in [0.15, 0.2) is 0 Å². The van der Waals surface area contributed by atoms with E-state index < -0.39 is 5.63 Å². The minimum absolute atomic E-state index is 0.0969. The second-order valence-electron chi connectivity index (χ2n) is 4.68. The summed E-state index contributed by atoms with van der Waals surface area (Å²) in [6.45, 7) is 0. The molecule has 0 aliphatic rings. The number of benzene rings is 2. The van der Waals surface area contributed by atoms with Gasteiger partial charge in [-0.25, -0.2) is 4.79 Å². The minimum Gasteiger partial charge on any atom is -0.506 e. The van der Waals surface area contributed by atoms with Gasteiger partial charge < -0.3 is 19.0 Å². The molecule has 0 spiro atoms. The van der Waals surface area contributed by atoms with Crippen molar-refractivity contribution in [1.29, 1.82) is 0 Å². The van der Waals surface area contributed by atoms with E-state index in [-0.39, 0.29) is 16.9 Å². The summed E-state index contributed by atoms with van der Waals surface area (Å²) in [4.78, 5) is 12.2. The van der Waals surface area contributed by atoms with Crippen LogP contribution in [0, 0.1) is 0 Å². The molecule has 5 nitrogen and oxygen atoms in total. The fourth-order valence-corrected chi connectivity index (χ4v) is 2.38. The van der Waals surface area contributed by atoms with Crippen LogP contribution in [0.1, 0.15) is 0 Å². The van der Waals surface area contributed by atoms with Gasteiger partial charge in [0, 0.05) is 0 Å². The molecule has 0 fully saturated rings. The van der Waals surface area contributed by atoms with E-state index in [1.165, 1.54) is 7.11 Å². The van der Waals surface area contributed by atoms with Crippen molar-refractivity contribution in [3.63, 3.8) is 0 Å². The Morgan fingerprint density at radius 3 is 2.36 bits per heavy atom.